The number of rotatable bonds is 2. The van der Waals surface area contributed by atoms with Gasteiger partial charge in [-0.15, -0.1) is 0 Å². The molecule has 6 nitrogen and oxygen atoms in total. The van der Waals surface area contributed by atoms with Crippen LogP contribution in [-0.2, 0) is 4.74 Å². The Hall–Kier alpha value is -1.34. The third kappa shape index (κ3) is 2.20. The summed E-state index contributed by atoms with van der Waals surface area (Å²) < 4.78 is 9.55. The summed E-state index contributed by atoms with van der Waals surface area (Å²) in [7, 11) is 0. The van der Waals surface area contributed by atoms with Crippen LogP contribution in [0.25, 0.3) is 0 Å². The number of morpholine rings is 1. The molecule has 1 aromatic rings. The molecule has 1 aromatic heterocycles. The van der Waals surface area contributed by atoms with Crippen molar-refractivity contribution in [2.45, 2.75) is 26.0 Å². The average Bonchev–Trinajstić information content (AvgIpc) is 2.64. The van der Waals surface area contributed by atoms with E-state index < -0.39 is 5.91 Å². The second kappa shape index (κ2) is 4.50. The van der Waals surface area contributed by atoms with Gasteiger partial charge >= 0.3 is 0 Å². The molecule has 2 atom stereocenters. The van der Waals surface area contributed by atoms with Crippen molar-refractivity contribution in [3.63, 3.8) is 0 Å². The van der Waals surface area contributed by atoms with Crippen LogP contribution in [-0.4, -0.2) is 35.6 Å². The number of ether oxygens (including phenoxy) is 1. The van der Waals surface area contributed by atoms with E-state index in [4.69, 9.17) is 16.2 Å². The van der Waals surface area contributed by atoms with E-state index in [2.05, 4.69) is 9.27 Å². The number of nitrogens with two attached hydrogens (primary N) is 2. The van der Waals surface area contributed by atoms with Gasteiger partial charge in [0.05, 0.1) is 18.8 Å². The van der Waals surface area contributed by atoms with E-state index in [0.29, 0.717) is 18.7 Å². The first kappa shape index (κ1) is 12.1. The summed E-state index contributed by atoms with van der Waals surface area (Å²) in [6.45, 7) is 5.36. The summed E-state index contributed by atoms with van der Waals surface area (Å²) >= 11 is 1.21. The number of primary amides is 1. The van der Waals surface area contributed by atoms with Crippen molar-refractivity contribution in [1.29, 1.82) is 0 Å². The van der Waals surface area contributed by atoms with Gasteiger partial charge in [-0.25, -0.2) is 0 Å². The number of hydrogen-bond acceptors (Lipinski definition) is 6. The predicted octanol–water partition coefficient (Wildman–Crippen LogP) is 0.438. The summed E-state index contributed by atoms with van der Waals surface area (Å²) in [4.78, 5) is 13.5. The van der Waals surface area contributed by atoms with E-state index in [1.54, 1.807) is 0 Å². The number of nitrogens with zero attached hydrogens (tertiary/aromatic N) is 2. The summed E-state index contributed by atoms with van der Waals surface area (Å²) in [6.07, 6.45) is 0.121. The number of carbonyl (C=O) groups is 1. The molecule has 0 saturated carbocycles. The highest BCUT2D eigenvalue weighted by Crippen LogP contribution is 2.33. The first-order valence-electron chi connectivity index (χ1n) is 5.44. The first-order chi connectivity index (χ1) is 8.00. The Bertz CT molecular complexity index is 434. The van der Waals surface area contributed by atoms with Crippen LogP contribution >= 0.6 is 11.5 Å². The van der Waals surface area contributed by atoms with Crippen LogP contribution in [0.2, 0.25) is 0 Å². The van der Waals surface area contributed by atoms with E-state index >= 15 is 0 Å². The molecule has 94 valence electrons. The molecule has 4 N–H and O–H groups in total. The zero-order valence-corrected chi connectivity index (χ0v) is 10.7. The van der Waals surface area contributed by atoms with E-state index in [1.165, 1.54) is 11.5 Å². The molecule has 2 heterocycles. The number of hydrogen-bond donors (Lipinski definition) is 2. The minimum atomic E-state index is -0.530. The topological polar surface area (TPSA) is 94.5 Å². The van der Waals surface area contributed by atoms with Crippen molar-refractivity contribution in [1.82, 2.24) is 4.37 Å². The summed E-state index contributed by atoms with van der Waals surface area (Å²) in [5.41, 5.74) is 11.3. The molecule has 17 heavy (non-hydrogen) atoms. The Kier molecular flexibility index (Phi) is 3.21. The van der Waals surface area contributed by atoms with Gasteiger partial charge in [-0.2, -0.15) is 4.37 Å². The molecule has 1 aliphatic heterocycles. The quantitative estimate of drug-likeness (QED) is 0.800. The monoisotopic (exact) mass is 256 g/mol. The Morgan fingerprint density at radius 3 is 2.94 bits per heavy atom. The van der Waals surface area contributed by atoms with Gasteiger partial charge in [0.1, 0.15) is 10.6 Å². The van der Waals surface area contributed by atoms with E-state index in [0.717, 1.165) is 5.00 Å². The van der Waals surface area contributed by atoms with Crippen LogP contribution in [0.15, 0.2) is 0 Å². The third-order valence-electron chi connectivity index (χ3n) is 2.82. The number of amides is 1. The van der Waals surface area contributed by atoms with Gasteiger partial charge in [0, 0.05) is 6.54 Å². The van der Waals surface area contributed by atoms with Crippen molar-refractivity contribution in [2.75, 3.05) is 23.8 Å². The van der Waals surface area contributed by atoms with Crippen LogP contribution in [0.4, 0.5) is 10.8 Å². The Balaban J connectivity index is 2.35. The molecule has 1 fully saturated rings. The van der Waals surface area contributed by atoms with Gasteiger partial charge in [-0.05, 0) is 25.4 Å². The van der Waals surface area contributed by atoms with Crippen molar-refractivity contribution in [2.24, 2.45) is 5.73 Å². The van der Waals surface area contributed by atoms with E-state index in [1.807, 2.05) is 13.8 Å². The summed E-state index contributed by atoms with van der Waals surface area (Å²) in [5, 5.41) is 0.748. The largest absolute Gasteiger partial charge is 0.382 e. The summed E-state index contributed by atoms with van der Waals surface area (Å²) in [5.74, 6) is -0.318. The zero-order chi connectivity index (χ0) is 12.6. The van der Waals surface area contributed by atoms with E-state index in [9.17, 15) is 4.79 Å². The Labute approximate surface area is 104 Å². The molecule has 0 radical (unpaired) electrons. The van der Waals surface area contributed by atoms with Crippen LogP contribution in [0.3, 0.4) is 0 Å². The molecular weight excluding hydrogens is 240 g/mol. The maximum atomic E-state index is 11.4. The SMILES string of the molecule is CC1CN(c2snc(N)c2C(N)=O)C(C)CO1. The maximum absolute atomic E-state index is 11.4. The lowest BCUT2D eigenvalue weighted by Gasteiger charge is -2.37. The number of nitrogen functional groups attached to an aromatic ring is 1. The van der Waals surface area contributed by atoms with Crippen LogP contribution in [0.5, 0.6) is 0 Å². The van der Waals surface area contributed by atoms with Crippen LogP contribution in [0, 0.1) is 0 Å². The van der Waals surface area contributed by atoms with Crippen molar-refractivity contribution < 1.29 is 9.53 Å². The molecule has 0 bridgehead atoms. The Morgan fingerprint density at radius 1 is 1.59 bits per heavy atom. The van der Waals surface area contributed by atoms with Crippen molar-refractivity contribution >= 4 is 28.3 Å². The lowest BCUT2D eigenvalue weighted by Crippen LogP contribution is -2.47. The highest BCUT2D eigenvalue weighted by Gasteiger charge is 2.29. The molecule has 0 spiro atoms. The first-order valence-corrected chi connectivity index (χ1v) is 6.21. The van der Waals surface area contributed by atoms with Gasteiger partial charge in [-0.1, -0.05) is 0 Å². The lowest BCUT2D eigenvalue weighted by molar-refractivity contribution is 0.0346. The molecule has 1 aliphatic rings. The van der Waals surface area contributed by atoms with Crippen LogP contribution in [0.1, 0.15) is 24.2 Å². The number of carbonyl (C=O) groups excluding carboxylic acids is 1. The van der Waals surface area contributed by atoms with E-state index in [-0.39, 0.29) is 18.0 Å². The van der Waals surface area contributed by atoms with Gasteiger partial charge in [-0.3, -0.25) is 4.79 Å². The van der Waals surface area contributed by atoms with Crippen molar-refractivity contribution in [3.8, 4) is 0 Å². The highest BCUT2D eigenvalue weighted by atomic mass is 32.1. The fourth-order valence-corrected chi connectivity index (χ4v) is 2.84. The van der Waals surface area contributed by atoms with Gasteiger partial charge in [0.15, 0.2) is 5.82 Å². The maximum Gasteiger partial charge on any atom is 0.255 e. The highest BCUT2D eigenvalue weighted by molar-refractivity contribution is 7.11. The average molecular weight is 256 g/mol. The second-order valence-corrected chi connectivity index (χ2v) is 5.01. The second-order valence-electron chi connectivity index (χ2n) is 4.26. The molecule has 2 rings (SSSR count). The standard InChI is InChI=1S/C10H16N4O2S/c1-5-4-16-6(2)3-14(5)10-7(9(12)15)8(11)13-17-10/h5-6H,3-4H2,1-2H3,(H2,11,13)(H2,12,15). The third-order valence-corrected chi connectivity index (χ3v) is 3.72. The molecule has 0 aromatic carbocycles. The molecule has 7 heteroatoms. The van der Waals surface area contributed by atoms with Gasteiger partial charge in [0.2, 0.25) is 0 Å². The molecule has 0 aliphatic carbocycles. The predicted molar refractivity (Wildman–Crippen MR) is 67.3 cm³/mol. The molecule has 1 saturated heterocycles. The fraction of sp³-hybridized carbons (Fsp3) is 0.600. The fourth-order valence-electron chi connectivity index (χ4n) is 1.91. The zero-order valence-electron chi connectivity index (χ0n) is 9.84. The molecule has 2 unspecified atom stereocenters. The smallest absolute Gasteiger partial charge is 0.255 e. The summed E-state index contributed by atoms with van der Waals surface area (Å²) in [6, 6.07) is 0.184. The number of aromatic nitrogens is 1. The van der Waals surface area contributed by atoms with Crippen molar-refractivity contribution in [3.05, 3.63) is 5.56 Å². The minimum Gasteiger partial charge on any atom is -0.382 e. The number of anilines is 2. The molecule has 1 amide bonds. The van der Waals surface area contributed by atoms with Gasteiger partial charge in [0.25, 0.3) is 5.91 Å². The lowest BCUT2D eigenvalue weighted by atomic mass is 10.2. The molecular formula is C10H16N4O2S. The normalized spacial score (nSPS) is 24.9. The van der Waals surface area contributed by atoms with Crippen LogP contribution < -0.4 is 16.4 Å². The minimum absolute atomic E-state index is 0.121. The van der Waals surface area contributed by atoms with Gasteiger partial charge < -0.3 is 21.1 Å². The Morgan fingerprint density at radius 2 is 2.29 bits per heavy atom.